The highest BCUT2D eigenvalue weighted by Crippen LogP contribution is 2.10. The molecule has 0 aliphatic heterocycles. The van der Waals surface area contributed by atoms with Gasteiger partial charge in [0.05, 0.1) is 17.8 Å². The third kappa shape index (κ3) is 4.74. The van der Waals surface area contributed by atoms with Gasteiger partial charge in [-0.3, -0.25) is 15.0 Å². The van der Waals surface area contributed by atoms with E-state index in [0.29, 0.717) is 18.7 Å². The van der Waals surface area contributed by atoms with E-state index in [2.05, 4.69) is 21.6 Å². The maximum absolute atomic E-state index is 11.0. The SMILES string of the molecule is C=CN(Cc1ccc(Cc2cc(C(=O)O)ccn2)cn1)/N=C\C. The van der Waals surface area contributed by atoms with E-state index in [1.807, 2.05) is 19.1 Å². The van der Waals surface area contributed by atoms with E-state index in [1.165, 1.54) is 12.3 Å². The number of aromatic nitrogens is 2. The molecule has 0 aliphatic carbocycles. The number of hydrazone groups is 1. The monoisotopic (exact) mass is 310 g/mol. The Morgan fingerprint density at radius 3 is 2.78 bits per heavy atom. The molecule has 23 heavy (non-hydrogen) atoms. The van der Waals surface area contributed by atoms with Crippen molar-refractivity contribution >= 4 is 12.2 Å². The smallest absolute Gasteiger partial charge is 0.335 e. The van der Waals surface area contributed by atoms with Gasteiger partial charge in [-0.05, 0) is 30.7 Å². The molecule has 0 unspecified atom stereocenters. The molecule has 0 amide bonds. The minimum Gasteiger partial charge on any atom is -0.478 e. The van der Waals surface area contributed by atoms with Crippen molar-refractivity contribution in [3.63, 3.8) is 0 Å². The zero-order chi connectivity index (χ0) is 16.7. The molecule has 0 saturated carbocycles. The highest BCUT2D eigenvalue weighted by Gasteiger charge is 2.06. The molecule has 2 heterocycles. The number of hydrogen-bond donors (Lipinski definition) is 1. The van der Waals surface area contributed by atoms with Gasteiger partial charge < -0.3 is 5.11 Å². The summed E-state index contributed by atoms with van der Waals surface area (Å²) in [6, 6.07) is 6.92. The molecule has 2 aromatic heterocycles. The van der Waals surface area contributed by atoms with E-state index in [1.54, 1.807) is 29.7 Å². The molecule has 0 bridgehead atoms. The minimum absolute atomic E-state index is 0.235. The van der Waals surface area contributed by atoms with Crippen molar-refractivity contribution in [3.8, 4) is 0 Å². The fourth-order valence-corrected chi connectivity index (χ4v) is 2.04. The van der Waals surface area contributed by atoms with Gasteiger partial charge in [0.15, 0.2) is 0 Å². The van der Waals surface area contributed by atoms with Crippen LogP contribution in [0.2, 0.25) is 0 Å². The first-order valence-corrected chi connectivity index (χ1v) is 7.12. The summed E-state index contributed by atoms with van der Waals surface area (Å²) in [6.07, 6.45) is 7.13. The van der Waals surface area contributed by atoms with Crippen molar-refractivity contribution in [3.05, 3.63) is 72.0 Å². The molecule has 0 fully saturated rings. The number of carboxylic acid groups (broad SMARTS) is 1. The van der Waals surface area contributed by atoms with Crippen LogP contribution >= 0.6 is 0 Å². The summed E-state index contributed by atoms with van der Waals surface area (Å²) in [5.41, 5.74) is 2.76. The van der Waals surface area contributed by atoms with Crippen molar-refractivity contribution in [2.75, 3.05) is 0 Å². The lowest BCUT2D eigenvalue weighted by Gasteiger charge is -2.12. The van der Waals surface area contributed by atoms with Crippen molar-refractivity contribution in [2.24, 2.45) is 5.10 Å². The van der Waals surface area contributed by atoms with Crippen LogP contribution in [0.15, 0.2) is 54.5 Å². The Hall–Kier alpha value is -3.02. The lowest BCUT2D eigenvalue weighted by Crippen LogP contribution is -2.10. The molecule has 6 nitrogen and oxygen atoms in total. The van der Waals surface area contributed by atoms with Crippen LogP contribution < -0.4 is 0 Å². The highest BCUT2D eigenvalue weighted by atomic mass is 16.4. The van der Waals surface area contributed by atoms with E-state index >= 15 is 0 Å². The summed E-state index contributed by atoms with van der Waals surface area (Å²) in [7, 11) is 0. The first-order chi connectivity index (χ1) is 11.1. The summed E-state index contributed by atoms with van der Waals surface area (Å²) in [6.45, 7) is 6.08. The second-order valence-corrected chi connectivity index (χ2v) is 4.83. The fourth-order valence-electron chi connectivity index (χ4n) is 2.04. The van der Waals surface area contributed by atoms with E-state index in [4.69, 9.17) is 5.11 Å². The number of carbonyl (C=O) groups is 1. The molecular weight excluding hydrogens is 292 g/mol. The second-order valence-electron chi connectivity index (χ2n) is 4.83. The minimum atomic E-state index is -0.955. The Morgan fingerprint density at radius 2 is 2.17 bits per heavy atom. The van der Waals surface area contributed by atoms with E-state index in [0.717, 1.165) is 11.3 Å². The number of nitrogens with zero attached hydrogens (tertiary/aromatic N) is 4. The van der Waals surface area contributed by atoms with Crippen molar-refractivity contribution in [2.45, 2.75) is 19.9 Å². The van der Waals surface area contributed by atoms with Crippen molar-refractivity contribution in [1.29, 1.82) is 0 Å². The molecule has 1 N–H and O–H groups in total. The number of pyridine rings is 2. The summed E-state index contributed by atoms with van der Waals surface area (Å²) in [5, 5.41) is 14.8. The maximum Gasteiger partial charge on any atom is 0.335 e. The Labute approximate surface area is 134 Å². The average molecular weight is 310 g/mol. The predicted molar refractivity (Wildman–Crippen MR) is 88.1 cm³/mol. The second kappa shape index (κ2) is 7.84. The molecule has 2 rings (SSSR count). The molecule has 2 aromatic rings. The lowest BCUT2D eigenvalue weighted by molar-refractivity contribution is 0.0696. The van der Waals surface area contributed by atoms with Gasteiger partial charge in [-0.15, -0.1) is 0 Å². The van der Waals surface area contributed by atoms with Gasteiger partial charge in [0.25, 0.3) is 0 Å². The van der Waals surface area contributed by atoms with Gasteiger partial charge >= 0.3 is 5.97 Å². The van der Waals surface area contributed by atoms with Gasteiger partial charge in [-0.1, -0.05) is 12.6 Å². The number of aromatic carboxylic acids is 1. The zero-order valence-electron chi connectivity index (χ0n) is 12.9. The lowest BCUT2D eigenvalue weighted by atomic mass is 10.1. The van der Waals surface area contributed by atoms with Crippen LogP contribution in [0.25, 0.3) is 0 Å². The maximum atomic E-state index is 11.0. The number of rotatable bonds is 7. The van der Waals surface area contributed by atoms with E-state index in [-0.39, 0.29) is 5.56 Å². The number of hydrogen-bond acceptors (Lipinski definition) is 5. The third-order valence-electron chi connectivity index (χ3n) is 3.13. The number of carboxylic acids is 1. The summed E-state index contributed by atoms with van der Waals surface area (Å²) in [5.74, 6) is -0.955. The Morgan fingerprint density at radius 1 is 1.35 bits per heavy atom. The molecule has 0 radical (unpaired) electrons. The largest absolute Gasteiger partial charge is 0.478 e. The van der Waals surface area contributed by atoms with E-state index < -0.39 is 5.97 Å². The van der Waals surface area contributed by atoms with Crippen LogP contribution in [0, 0.1) is 0 Å². The van der Waals surface area contributed by atoms with Crippen LogP contribution in [-0.4, -0.2) is 32.3 Å². The molecule has 0 saturated heterocycles. The van der Waals surface area contributed by atoms with Crippen LogP contribution in [0.1, 0.15) is 34.2 Å². The molecule has 0 aliphatic rings. The Kier molecular flexibility index (Phi) is 5.57. The first kappa shape index (κ1) is 16.4. The van der Waals surface area contributed by atoms with Gasteiger partial charge in [0.1, 0.15) is 0 Å². The summed E-state index contributed by atoms with van der Waals surface area (Å²) < 4.78 is 0. The molecular formula is C17H18N4O2. The van der Waals surface area contributed by atoms with Crippen LogP contribution in [-0.2, 0) is 13.0 Å². The van der Waals surface area contributed by atoms with Gasteiger partial charge in [-0.25, -0.2) is 4.79 Å². The molecule has 0 spiro atoms. The standard InChI is InChI=1S/C17H18N4O2/c1-3-20-21(4-2)12-15-6-5-13(11-19-15)9-16-10-14(17(22)23)7-8-18-16/h3-8,10-11H,2,9,12H2,1H3,(H,22,23)/b20-3-. The van der Waals surface area contributed by atoms with Crippen molar-refractivity contribution in [1.82, 2.24) is 15.0 Å². The molecule has 0 atom stereocenters. The van der Waals surface area contributed by atoms with Gasteiger partial charge in [0, 0.05) is 36.9 Å². The van der Waals surface area contributed by atoms with Crippen molar-refractivity contribution < 1.29 is 9.90 Å². The van der Waals surface area contributed by atoms with Gasteiger partial charge in [0.2, 0.25) is 0 Å². The average Bonchev–Trinajstić information content (AvgIpc) is 2.56. The quantitative estimate of drug-likeness (QED) is 0.628. The zero-order valence-corrected chi connectivity index (χ0v) is 12.9. The normalized spacial score (nSPS) is 10.7. The molecule has 0 aromatic carbocycles. The van der Waals surface area contributed by atoms with Crippen LogP contribution in [0.3, 0.4) is 0 Å². The Bertz CT molecular complexity index is 711. The Balaban J connectivity index is 2.06. The predicted octanol–water partition coefficient (Wildman–Crippen LogP) is 2.72. The molecule has 6 heteroatoms. The van der Waals surface area contributed by atoms with Crippen LogP contribution in [0.4, 0.5) is 0 Å². The van der Waals surface area contributed by atoms with E-state index in [9.17, 15) is 4.79 Å². The molecule has 118 valence electrons. The van der Waals surface area contributed by atoms with Crippen LogP contribution in [0.5, 0.6) is 0 Å². The topological polar surface area (TPSA) is 78.7 Å². The fraction of sp³-hybridized carbons (Fsp3) is 0.176. The first-order valence-electron chi connectivity index (χ1n) is 7.12. The highest BCUT2D eigenvalue weighted by molar-refractivity contribution is 5.87. The van der Waals surface area contributed by atoms with Gasteiger partial charge in [-0.2, -0.15) is 5.10 Å². The summed E-state index contributed by atoms with van der Waals surface area (Å²) in [4.78, 5) is 19.6. The summed E-state index contributed by atoms with van der Waals surface area (Å²) >= 11 is 0. The third-order valence-corrected chi connectivity index (χ3v) is 3.13.